The highest BCUT2D eigenvalue weighted by molar-refractivity contribution is 5.02. The van der Waals surface area contributed by atoms with Crippen LogP contribution in [0.25, 0.3) is 0 Å². The van der Waals surface area contributed by atoms with Crippen molar-refractivity contribution in [3.05, 3.63) is 22.7 Å². The third-order valence-corrected chi connectivity index (χ3v) is 1.05. The lowest BCUT2D eigenvalue weighted by Gasteiger charge is -2.06. The first-order chi connectivity index (χ1) is 5.99. The summed E-state index contributed by atoms with van der Waals surface area (Å²) < 4.78 is 38.9. The molecule has 1 aromatic heterocycles. The average molecular weight is 194 g/mol. The predicted molar refractivity (Wildman–Crippen MR) is 36.4 cm³/mol. The maximum Gasteiger partial charge on any atom is 0.422 e. The molecule has 0 aromatic carbocycles. The van der Waals surface area contributed by atoms with Crippen molar-refractivity contribution >= 4 is 0 Å². The zero-order chi connectivity index (χ0) is 9.90. The van der Waals surface area contributed by atoms with Gasteiger partial charge in [0.15, 0.2) is 6.61 Å². The van der Waals surface area contributed by atoms with Crippen molar-refractivity contribution in [1.82, 2.24) is 9.97 Å². The van der Waals surface area contributed by atoms with Crippen molar-refractivity contribution in [1.29, 1.82) is 0 Å². The number of H-pyrrole nitrogens is 1. The zero-order valence-corrected chi connectivity index (χ0v) is 6.26. The summed E-state index contributed by atoms with van der Waals surface area (Å²) in [4.78, 5) is 16.2. The Balaban J connectivity index is 2.66. The molecule has 0 aliphatic carbocycles. The quantitative estimate of drug-likeness (QED) is 0.754. The van der Waals surface area contributed by atoms with Crippen LogP contribution in [0.1, 0.15) is 0 Å². The SMILES string of the molecule is O=c1[nH]ccnc1OCC(F)(F)F. The van der Waals surface area contributed by atoms with E-state index in [1.165, 1.54) is 6.20 Å². The van der Waals surface area contributed by atoms with E-state index in [1.54, 1.807) is 0 Å². The third kappa shape index (κ3) is 3.14. The first-order valence-corrected chi connectivity index (χ1v) is 3.22. The molecule has 13 heavy (non-hydrogen) atoms. The van der Waals surface area contributed by atoms with E-state index in [-0.39, 0.29) is 0 Å². The van der Waals surface area contributed by atoms with Gasteiger partial charge in [0.25, 0.3) is 5.88 Å². The third-order valence-electron chi connectivity index (χ3n) is 1.05. The molecule has 0 spiro atoms. The summed E-state index contributed by atoms with van der Waals surface area (Å²) in [5.74, 6) is -0.583. The lowest BCUT2D eigenvalue weighted by Crippen LogP contribution is -2.23. The molecule has 72 valence electrons. The van der Waals surface area contributed by atoms with E-state index in [9.17, 15) is 18.0 Å². The summed E-state index contributed by atoms with van der Waals surface area (Å²) in [6.07, 6.45) is -2.14. The van der Waals surface area contributed by atoms with Gasteiger partial charge in [0.2, 0.25) is 0 Å². The van der Waals surface area contributed by atoms with Crippen molar-refractivity contribution in [2.75, 3.05) is 6.61 Å². The highest BCUT2D eigenvalue weighted by Gasteiger charge is 2.29. The normalized spacial score (nSPS) is 11.3. The summed E-state index contributed by atoms with van der Waals surface area (Å²) in [6.45, 7) is -1.52. The van der Waals surface area contributed by atoms with Crippen LogP contribution in [0, 0.1) is 0 Å². The van der Waals surface area contributed by atoms with Crippen molar-refractivity contribution in [2.24, 2.45) is 0 Å². The molecular weight excluding hydrogens is 189 g/mol. The topological polar surface area (TPSA) is 55.0 Å². The smallest absolute Gasteiger partial charge is 0.422 e. The van der Waals surface area contributed by atoms with Crippen molar-refractivity contribution in [3.63, 3.8) is 0 Å². The second-order valence-corrected chi connectivity index (χ2v) is 2.13. The largest absolute Gasteiger partial charge is 0.464 e. The number of aromatic amines is 1. The zero-order valence-electron chi connectivity index (χ0n) is 6.26. The highest BCUT2D eigenvalue weighted by Crippen LogP contribution is 2.14. The summed E-state index contributed by atoms with van der Waals surface area (Å²) in [5, 5.41) is 0. The maximum atomic E-state index is 11.6. The molecule has 4 nitrogen and oxygen atoms in total. The van der Waals surface area contributed by atoms with Gasteiger partial charge in [-0.1, -0.05) is 0 Å². The average Bonchev–Trinajstić information content (AvgIpc) is 2.01. The lowest BCUT2D eigenvalue weighted by molar-refractivity contribution is -0.154. The molecule has 0 bridgehead atoms. The Morgan fingerprint density at radius 3 is 2.77 bits per heavy atom. The van der Waals surface area contributed by atoms with E-state index in [4.69, 9.17) is 0 Å². The second-order valence-electron chi connectivity index (χ2n) is 2.13. The first kappa shape index (κ1) is 9.56. The van der Waals surface area contributed by atoms with Crippen LogP contribution in [-0.4, -0.2) is 22.8 Å². The van der Waals surface area contributed by atoms with Gasteiger partial charge in [-0.3, -0.25) is 4.79 Å². The highest BCUT2D eigenvalue weighted by atomic mass is 19.4. The van der Waals surface area contributed by atoms with Crippen molar-refractivity contribution < 1.29 is 17.9 Å². The van der Waals surface area contributed by atoms with Crippen LogP contribution in [0.3, 0.4) is 0 Å². The molecule has 0 aliphatic heterocycles. The number of halogens is 3. The molecule has 7 heteroatoms. The lowest BCUT2D eigenvalue weighted by atomic mass is 10.6. The van der Waals surface area contributed by atoms with E-state index in [1.807, 2.05) is 0 Å². The monoisotopic (exact) mass is 194 g/mol. The second kappa shape index (κ2) is 3.46. The summed E-state index contributed by atoms with van der Waals surface area (Å²) in [7, 11) is 0. The Kier molecular flexibility index (Phi) is 2.54. The fourth-order valence-electron chi connectivity index (χ4n) is 0.591. The molecule has 1 N–H and O–H groups in total. The number of nitrogens with one attached hydrogen (secondary N) is 1. The number of nitrogens with zero attached hydrogens (tertiary/aromatic N) is 1. The van der Waals surface area contributed by atoms with E-state index in [0.717, 1.165) is 6.20 Å². The molecule has 0 fully saturated rings. The van der Waals surface area contributed by atoms with Crippen LogP contribution in [-0.2, 0) is 0 Å². The molecule has 0 saturated carbocycles. The molecule has 0 amide bonds. The van der Waals surface area contributed by atoms with E-state index in [0.29, 0.717) is 0 Å². The first-order valence-electron chi connectivity index (χ1n) is 3.22. The van der Waals surface area contributed by atoms with Crippen molar-refractivity contribution in [2.45, 2.75) is 6.18 Å². The van der Waals surface area contributed by atoms with Crippen molar-refractivity contribution in [3.8, 4) is 5.88 Å². The number of aromatic nitrogens is 2. The number of ether oxygens (including phenoxy) is 1. The van der Waals surface area contributed by atoms with Crippen LogP contribution < -0.4 is 10.3 Å². The molecule has 0 aliphatic rings. The minimum atomic E-state index is -4.47. The molecule has 0 radical (unpaired) electrons. The minimum absolute atomic E-state index is 0.583. The fraction of sp³-hybridized carbons (Fsp3) is 0.333. The van der Waals surface area contributed by atoms with Gasteiger partial charge >= 0.3 is 11.7 Å². The number of alkyl halides is 3. The molecule has 0 unspecified atom stereocenters. The Labute approximate surface area is 70.4 Å². The Bertz CT molecular complexity index is 333. The van der Waals surface area contributed by atoms with Gasteiger partial charge < -0.3 is 9.72 Å². The van der Waals surface area contributed by atoms with Gasteiger partial charge in [-0.05, 0) is 0 Å². The predicted octanol–water partition coefficient (Wildman–Crippen LogP) is 0.711. The molecule has 1 heterocycles. The number of rotatable bonds is 2. The standard InChI is InChI=1S/C6H5F3N2O2/c7-6(8,9)3-13-5-4(12)10-1-2-11-5/h1-2H,3H2,(H,10,12). The molecule has 0 atom stereocenters. The van der Waals surface area contributed by atoms with Gasteiger partial charge in [-0.25, -0.2) is 4.98 Å². The summed E-state index contributed by atoms with van der Waals surface area (Å²) in [6, 6.07) is 0. The van der Waals surface area contributed by atoms with Crippen LogP contribution in [0.5, 0.6) is 5.88 Å². The van der Waals surface area contributed by atoms with Gasteiger partial charge in [0, 0.05) is 12.4 Å². The van der Waals surface area contributed by atoms with E-state index >= 15 is 0 Å². The minimum Gasteiger partial charge on any atom is -0.464 e. The van der Waals surface area contributed by atoms with E-state index < -0.39 is 24.2 Å². The van der Waals surface area contributed by atoms with Crippen LogP contribution >= 0.6 is 0 Å². The molecular formula is C6H5F3N2O2. The van der Waals surface area contributed by atoms with Gasteiger partial charge in [-0.15, -0.1) is 0 Å². The number of hydrogen-bond donors (Lipinski definition) is 1. The molecule has 1 aromatic rings. The van der Waals surface area contributed by atoms with Gasteiger partial charge in [0.1, 0.15) is 0 Å². The van der Waals surface area contributed by atoms with Crippen LogP contribution in [0.4, 0.5) is 13.2 Å². The summed E-state index contributed by atoms with van der Waals surface area (Å²) >= 11 is 0. The molecule has 1 rings (SSSR count). The van der Waals surface area contributed by atoms with Gasteiger partial charge in [0.05, 0.1) is 0 Å². The Morgan fingerprint density at radius 1 is 1.54 bits per heavy atom. The van der Waals surface area contributed by atoms with Gasteiger partial charge in [-0.2, -0.15) is 13.2 Å². The van der Waals surface area contributed by atoms with Crippen LogP contribution in [0.15, 0.2) is 17.2 Å². The maximum absolute atomic E-state index is 11.6. The fourth-order valence-corrected chi connectivity index (χ4v) is 0.591. The van der Waals surface area contributed by atoms with Crippen LogP contribution in [0.2, 0.25) is 0 Å². The number of hydrogen-bond acceptors (Lipinski definition) is 3. The Hall–Kier alpha value is -1.53. The Morgan fingerprint density at radius 2 is 2.23 bits per heavy atom. The van der Waals surface area contributed by atoms with E-state index in [2.05, 4.69) is 14.7 Å². The molecule has 0 saturated heterocycles. The summed E-state index contributed by atoms with van der Waals surface area (Å²) in [5.41, 5.74) is -0.785.